The third kappa shape index (κ3) is 32.2. The molecular weight excluding hydrogens is 857 g/mol. The van der Waals surface area contributed by atoms with E-state index in [1.807, 2.05) is 6.07 Å². The Hall–Kier alpha value is -1.83. The molecule has 1 aromatic rings. The van der Waals surface area contributed by atoms with Gasteiger partial charge in [-0.3, -0.25) is 5.32 Å². The van der Waals surface area contributed by atoms with Crippen molar-refractivity contribution in [1.29, 1.82) is 0 Å². The average molecular weight is 963 g/mol. The van der Waals surface area contributed by atoms with E-state index in [2.05, 4.69) is 24.5 Å². The van der Waals surface area contributed by atoms with E-state index in [0.717, 1.165) is 38.5 Å². The zero-order valence-corrected chi connectivity index (χ0v) is 43.7. The number of aliphatic hydroxyl groups is 5. The first-order valence-electron chi connectivity index (χ1n) is 28.7. The first-order chi connectivity index (χ1) is 33.3. The Labute approximate surface area is 416 Å². The molecule has 0 aromatic heterocycles. The van der Waals surface area contributed by atoms with Crippen molar-refractivity contribution < 1.29 is 44.5 Å². The Morgan fingerprint density at radius 2 is 0.941 bits per heavy atom. The molecule has 1 amide bonds. The van der Waals surface area contributed by atoms with Crippen LogP contribution in [0, 0.1) is 0 Å². The summed E-state index contributed by atoms with van der Waals surface area (Å²) in [6.07, 6.45) is 37.1. The lowest BCUT2D eigenvalue weighted by Crippen LogP contribution is -2.60. The predicted molar refractivity (Wildman–Crippen MR) is 280 cm³/mol. The van der Waals surface area contributed by atoms with E-state index in [4.69, 9.17) is 14.2 Å². The Bertz CT molecular complexity index is 1250. The fourth-order valence-electron chi connectivity index (χ4n) is 9.51. The van der Waals surface area contributed by atoms with Crippen molar-refractivity contribution in [3.63, 3.8) is 0 Å². The number of hydrogen-bond acceptors (Lipinski definition) is 10. The molecule has 0 bridgehead atoms. The van der Waals surface area contributed by atoms with Crippen LogP contribution in [0.15, 0.2) is 30.3 Å². The van der Waals surface area contributed by atoms with Crippen molar-refractivity contribution in [1.82, 2.24) is 5.32 Å². The molecule has 1 aromatic carbocycles. The summed E-state index contributed by atoms with van der Waals surface area (Å²) in [6.45, 7) is 4.64. The Balaban J connectivity index is 1.67. The van der Waals surface area contributed by atoms with Crippen LogP contribution in [0.25, 0.3) is 0 Å². The summed E-state index contributed by atoms with van der Waals surface area (Å²) in [5, 5.41) is 60.6. The molecule has 1 saturated heterocycles. The normalized spacial score (nSPS) is 19.8. The first-order valence-corrected chi connectivity index (χ1v) is 28.7. The molecule has 0 aliphatic carbocycles. The molecule has 11 nitrogen and oxygen atoms in total. The number of benzene rings is 1. The maximum atomic E-state index is 12.4. The minimum Gasteiger partial charge on any atom is -0.446 e. The quantitative estimate of drug-likeness (QED) is 0.0312. The number of anilines is 1. The second-order valence-corrected chi connectivity index (χ2v) is 20.4. The lowest BCUT2D eigenvalue weighted by molar-refractivity contribution is -0.302. The molecule has 68 heavy (non-hydrogen) atoms. The number of unbranched alkanes of at least 4 members (excludes halogenated alkanes) is 34. The number of hydrogen-bond donors (Lipinski definition) is 7. The third-order valence-electron chi connectivity index (χ3n) is 14.1. The van der Waals surface area contributed by atoms with E-state index >= 15 is 0 Å². The summed E-state index contributed by atoms with van der Waals surface area (Å²) < 4.78 is 17.1. The number of amides is 1. The molecule has 1 aliphatic rings. The van der Waals surface area contributed by atoms with Crippen molar-refractivity contribution in [3.8, 4) is 0 Å². The highest BCUT2D eigenvalue weighted by atomic mass is 16.7. The van der Waals surface area contributed by atoms with Crippen LogP contribution < -0.4 is 10.6 Å². The zero-order chi connectivity index (χ0) is 49.1. The van der Waals surface area contributed by atoms with Crippen LogP contribution in [0.4, 0.5) is 10.5 Å². The van der Waals surface area contributed by atoms with E-state index in [1.165, 1.54) is 193 Å². The molecule has 0 saturated carbocycles. The highest BCUT2D eigenvalue weighted by molar-refractivity contribution is 5.84. The van der Waals surface area contributed by atoms with Gasteiger partial charge >= 0.3 is 6.09 Å². The van der Waals surface area contributed by atoms with E-state index in [-0.39, 0.29) is 6.61 Å². The highest BCUT2D eigenvalue weighted by Crippen LogP contribution is 2.24. The Morgan fingerprint density at radius 1 is 0.544 bits per heavy atom. The molecule has 1 aliphatic heterocycles. The average Bonchev–Trinajstić information content (AvgIpc) is 3.34. The third-order valence-corrected chi connectivity index (χ3v) is 14.1. The van der Waals surface area contributed by atoms with Gasteiger partial charge in [0, 0.05) is 5.69 Å². The topological polar surface area (TPSA) is 170 Å². The van der Waals surface area contributed by atoms with Crippen LogP contribution in [0.2, 0.25) is 0 Å². The summed E-state index contributed by atoms with van der Waals surface area (Å²) in [7, 11) is 0. The monoisotopic (exact) mass is 963 g/mol. The number of rotatable bonds is 47. The van der Waals surface area contributed by atoms with E-state index in [9.17, 15) is 30.3 Å². The number of nitrogens with one attached hydrogen (secondary N) is 2. The second kappa shape index (κ2) is 43.9. The molecule has 0 radical (unpaired) electrons. The standard InChI is InChI=1S/C57H106N2O9/c1-3-5-7-9-11-13-15-17-18-19-20-21-22-23-24-25-26-27-28-30-32-34-36-41-45-58-49(52(61)50(60)44-40-35-33-31-29-16-14-12-10-8-6-4-2)46-66-56-55(64)54(63)53(62)51(68-56)47-67-57(65)59-48-42-38-37-39-43-48/h37-39,42-43,49-56,58,60-64H,3-36,40-41,44-47H2,1-2H3,(H,59,65)/t49-,50+,51+,52-,53-,54-,55+,56+/m0/s1. The zero-order valence-electron chi connectivity index (χ0n) is 43.7. The Morgan fingerprint density at radius 3 is 1.37 bits per heavy atom. The van der Waals surface area contributed by atoms with E-state index in [1.54, 1.807) is 24.3 Å². The minimum atomic E-state index is -1.62. The number of carbonyl (C=O) groups is 1. The molecule has 1 heterocycles. The van der Waals surface area contributed by atoms with Gasteiger partial charge in [-0.1, -0.05) is 257 Å². The van der Waals surface area contributed by atoms with Crippen molar-refractivity contribution >= 4 is 11.8 Å². The summed E-state index contributed by atoms with van der Waals surface area (Å²) in [6, 6.07) is 8.10. The van der Waals surface area contributed by atoms with Crippen molar-refractivity contribution in [2.75, 3.05) is 25.1 Å². The van der Waals surface area contributed by atoms with Gasteiger partial charge in [0.1, 0.15) is 31.0 Å². The number of carbonyl (C=O) groups excluding carboxylic acids is 1. The van der Waals surface area contributed by atoms with Gasteiger partial charge in [0.15, 0.2) is 6.29 Å². The SMILES string of the molecule is CCCCCCCCCCCCCCCCCCCCCCCCCCN[C@@H](CO[C@@H]1O[C@H](COC(=O)Nc2ccccc2)[C@H](O)[C@H](O)[C@H]1O)[C@H](O)[C@H](O)CCCCCCCCCCCCCC. The summed E-state index contributed by atoms with van der Waals surface area (Å²) in [5.74, 6) is 0. The van der Waals surface area contributed by atoms with Gasteiger partial charge in [-0.15, -0.1) is 0 Å². The van der Waals surface area contributed by atoms with Crippen LogP contribution in [0.5, 0.6) is 0 Å². The smallest absolute Gasteiger partial charge is 0.411 e. The summed E-state index contributed by atoms with van der Waals surface area (Å²) in [5.41, 5.74) is 0.531. The molecule has 7 N–H and O–H groups in total. The second-order valence-electron chi connectivity index (χ2n) is 20.4. The largest absolute Gasteiger partial charge is 0.446 e. The maximum absolute atomic E-state index is 12.4. The maximum Gasteiger partial charge on any atom is 0.411 e. The molecule has 11 heteroatoms. The van der Waals surface area contributed by atoms with Gasteiger partial charge < -0.3 is 45.1 Å². The number of ether oxygens (including phenoxy) is 3. The minimum absolute atomic E-state index is 0.122. The van der Waals surface area contributed by atoms with Gasteiger partial charge in [0.05, 0.1) is 24.9 Å². The first kappa shape index (κ1) is 62.3. The highest BCUT2D eigenvalue weighted by Gasteiger charge is 2.45. The molecule has 0 spiro atoms. The van der Waals surface area contributed by atoms with E-state index < -0.39 is 61.7 Å². The molecular formula is C57H106N2O9. The van der Waals surface area contributed by atoms with Gasteiger partial charge in [-0.05, 0) is 31.5 Å². The lowest BCUT2D eigenvalue weighted by Gasteiger charge is -2.40. The van der Waals surface area contributed by atoms with Gasteiger partial charge in [-0.25, -0.2) is 4.79 Å². The van der Waals surface area contributed by atoms with Crippen LogP contribution in [-0.2, 0) is 14.2 Å². The van der Waals surface area contributed by atoms with E-state index in [0.29, 0.717) is 18.7 Å². The van der Waals surface area contributed by atoms with Crippen LogP contribution in [0.3, 0.4) is 0 Å². The number of aliphatic hydroxyl groups excluding tert-OH is 5. The van der Waals surface area contributed by atoms with Gasteiger partial charge in [-0.2, -0.15) is 0 Å². The molecule has 0 unspecified atom stereocenters. The van der Waals surface area contributed by atoms with Crippen molar-refractivity contribution in [3.05, 3.63) is 30.3 Å². The van der Waals surface area contributed by atoms with Crippen LogP contribution >= 0.6 is 0 Å². The van der Waals surface area contributed by atoms with Crippen molar-refractivity contribution in [2.45, 2.75) is 300 Å². The predicted octanol–water partition coefficient (Wildman–Crippen LogP) is 13.2. The van der Waals surface area contributed by atoms with Crippen LogP contribution in [-0.4, -0.2) is 100 Å². The fourth-order valence-corrected chi connectivity index (χ4v) is 9.51. The van der Waals surface area contributed by atoms with Crippen molar-refractivity contribution in [2.24, 2.45) is 0 Å². The summed E-state index contributed by atoms with van der Waals surface area (Å²) >= 11 is 0. The fraction of sp³-hybridized carbons (Fsp3) is 0.877. The molecule has 398 valence electrons. The summed E-state index contributed by atoms with van der Waals surface area (Å²) in [4.78, 5) is 12.4. The lowest BCUT2D eigenvalue weighted by atomic mass is 9.98. The van der Waals surface area contributed by atoms with Crippen LogP contribution in [0.1, 0.15) is 251 Å². The molecule has 8 atom stereocenters. The van der Waals surface area contributed by atoms with Gasteiger partial charge in [0.2, 0.25) is 0 Å². The molecule has 2 rings (SSSR count). The van der Waals surface area contributed by atoms with Gasteiger partial charge in [0.25, 0.3) is 0 Å². The Kier molecular flexibility index (Phi) is 40.2. The molecule has 1 fully saturated rings. The number of para-hydroxylation sites is 1.